The van der Waals surface area contributed by atoms with Gasteiger partial charge in [0.1, 0.15) is 0 Å². The highest BCUT2D eigenvalue weighted by molar-refractivity contribution is 4.62. The summed E-state index contributed by atoms with van der Waals surface area (Å²) in [4.78, 5) is 2.34. The topological polar surface area (TPSA) is 3.24 Å². The summed E-state index contributed by atoms with van der Waals surface area (Å²) in [5, 5.41) is 0. The van der Waals surface area contributed by atoms with E-state index in [9.17, 15) is 0 Å². The van der Waals surface area contributed by atoms with Crippen LogP contribution in [0, 0.1) is 5.92 Å². The molecule has 22 heavy (non-hydrogen) atoms. The van der Waals surface area contributed by atoms with E-state index in [-0.39, 0.29) is 0 Å². The molecule has 1 atom stereocenters. The van der Waals surface area contributed by atoms with Crippen LogP contribution in [-0.2, 0) is 0 Å². The molecule has 0 amide bonds. The van der Waals surface area contributed by atoms with Gasteiger partial charge in [-0.3, -0.25) is 0 Å². The lowest BCUT2D eigenvalue weighted by molar-refractivity contribution is 0.332. The minimum absolute atomic E-state index is 1.01. The molecular formula is C21H45N. The molecule has 1 nitrogen and oxygen atoms in total. The van der Waals surface area contributed by atoms with Crippen molar-refractivity contribution < 1.29 is 0 Å². The van der Waals surface area contributed by atoms with E-state index in [1.54, 1.807) is 0 Å². The second kappa shape index (κ2) is 17.3. The third kappa shape index (κ3) is 16.3. The molecule has 0 aliphatic carbocycles. The highest BCUT2D eigenvalue weighted by atomic mass is 15.0. The molecule has 0 heterocycles. The lowest BCUT2D eigenvalue weighted by atomic mass is 9.90. The van der Waals surface area contributed by atoms with Crippen molar-refractivity contribution in [2.45, 2.75) is 110 Å². The molecule has 0 N–H and O–H groups in total. The van der Waals surface area contributed by atoms with E-state index in [2.05, 4.69) is 32.8 Å². The van der Waals surface area contributed by atoms with Crippen molar-refractivity contribution in [3.8, 4) is 0 Å². The van der Waals surface area contributed by atoms with Crippen molar-refractivity contribution in [2.24, 2.45) is 5.92 Å². The Morgan fingerprint density at radius 3 is 1.41 bits per heavy atom. The maximum absolute atomic E-state index is 2.34. The van der Waals surface area contributed by atoms with E-state index < -0.39 is 0 Å². The fraction of sp³-hybridized carbons (Fsp3) is 1.00. The van der Waals surface area contributed by atoms with Crippen molar-refractivity contribution in [2.75, 3.05) is 20.6 Å². The van der Waals surface area contributed by atoms with E-state index in [4.69, 9.17) is 0 Å². The van der Waals surface area contributed by atoms with Crippen LogP contribution in [0.1, 0.15) is 110 Å². The van der Waals surface area contributed by atoms with Gasteiger partial charge in [-0.05, 0) is 39.4 Å². The Hall–Kier alpha value is -0.0400. The smallest absolute Gasteiger partial charge is 0.00247 e. The van der Waals surface area contributed by atoms with Crippen LogP contribution in [0.5, 0.6) is 0 Å². The molecule has 0 saturated carbocycles. The van der Waals surface area contributed by atoms with Crippen molar-refractivity contribution >= 4 is 0 Å². The lowest BCUT2D eigenvalue weighted by Crippen LogP contribution is -2.14. The van der Waals surface area contributed by atoms with Gasteiger partial charge in [0.2, 0.25) is 0 Å². The largest absolute Gasteiger partial charge is 0.309 e. The van der Waals surface area contributed by atoms with E-state index in [0.717, 1.165) is 5.92 Å². The van der Waals surface area contributed by atoms with Crippen LogP contribution in [0.3, 0.4) is 0 Å². The van der Waals surface area contributed by atoms with Gasteiger partial charge in [0, 0.05) is 0 Å². The van der Waals surface area contributed by atoms with E-state index in [0.29, 0.717) is 0 Å². The molecule has 0 aromatic rings. The third-order valence-corrected chi connectivity index (χ3v) is 4.90. The van der Waals surface area contributed by atoms with Gasteiger partial charge in [-0.15, -0.1) is 0 Å². The standard InChI is InChI=1S/C21H45N/c1-5-7-9-11-13-15-18-21(19-16-20-22(3)4)17-14-12-10-8-6-2/h21H,5-20H2,1-4H3. The monoisotopic (exact) mass is 311 g/mol. The van der Waals surface area contributed by atoms with Crippen LogP contribution in [0.25, 0.3) is 0 Å². The van der Waals surface area contributed by atoms with Gasteiger partial charge in [-0.1, -0.05) is 97.3 Å². The minimum Gasteiger partial charge on any atom is -0.309 e. The van der Waals surface area contributed by atoms with Crippen LogP contribution < -0.4 is 0 Å². The quantitative estimate of drug-likeness (QED) is 0.260. The number of hydrogen-bond acceptors (Lipinski definition) is 1. The first kappa shape index (κ1) is 22.0. The second-order valence-electron chi connectivity index (χ2n) is 7.57. The van der Waals surface area contributed by atoms with Gasteiger partial charge in [-0.2, -0.15) is 0 Å². The summed E-state index contributed by atoms with van der Waals surface area (Å²) < 4.78 is 0. The Morgan fingerprint density at radius 1 is 0.545 bits per heavy atom. The molecule has 0 bridgehead atoms. The summed E-state index contributed by atoms with van der Waals surface area (Å²) in [6.45, 7) is 5.88. The van der Waals surface area contributed by atoms with Crippen molar-refractivity contribution in [1.29, 1.82) is 0 Å². The summed E-state index contributed by atoms with van der Waals surface area (Å²) in [5.41, 5.74) is 0. The Morgan fingerprint density at radius 2 is 0.955 bits per heavy atom. The fourth-order valence-electron chi connectivity index (χ4n) is 3.38. The first-order valence-electron chi connectivity index (χ1n) is 10.3. The molecule has 0 spiro atoms. The van der Waals surface area contributed by atoms with Gasteiger partial charge in [0.15, 0.2) is 0 Å². The highest BCUT2D eigenvalue weighted by Crippen LogP contribution is 2.23. The maximum atomic E-state index is 2.34. The summed E-state index contributed by atoms with van der Waals surface area (Å²) >= 11 is 0. The third-order valence-electron chi connectivity index (χ3n) is 4.90. The van der Waals surface area contributed by atoms with Gasteiger partial charge in [0.25, 0.3) is 0 Å². The van der Waals surface area contributed by atoms with E-state index >= 15 is 0 Å². The maximum Gasteiger partial charge on any atom is -0.00247 e. The van der Waals surface area contributed by atoms with E-state index in [1.807, 2.05) is 0 Å². The zero-order valence-electron chi connectivity index (χ0n) is 16.3. The predicted molar refractivity (Wildman–Crippen MR) is 103 cm³/mol. The van der Waals surface area contributed by atoms with Crippen molar-refractivity contribution in [3.05, 3.63) is 0 Å². The molecule has 1 heteroatoms. The Bertz CT molecular complexity index is 200. The number of unbranched alkanes of at least 4 members (excludes halogenated alkanes) is 9. The lowest BCUT2D eigenvalue weighted by Gasteiger charge is -2.18. The van der Waals surface area contributed by atoms with Crippen molar-refractivity contribution in [1.82, 2.24) is 4.90 Å². The highest BCUT2D eigenvalue weighted by Gasteiger charge is 2.08. The first-order chi connectivity index (χ1) is 10.7. The Balaban J connectivity index is 3.74. The second-order valence-corrected chi connectivity index (χ2v) is 7.57. The molecule has 0 aromatic carbocycles. The summed E-state index contributed by atoms with van der Waals surface area (Å²) in [6, 6.07) is 0. The minimum atomic E-state index is 1.01. The molecule has 0 aliphatic heterocycles. The average Bonchev–Trinajstić information content (AvgIpc) is 2.49. The van der Waals surface area contributed by atoms with Crippen LogP contribution in [0.15, 0.2) is 0 Å². The van der Waals surface area contributed by atoms with Crippen LogP contribution in [0.4, 0.5) is 0 Å². The van der Waals surface area contributed by atoms with Crippen molar-refractivity contribution in [3.63, 3.8) is 0 Å². The summed E-state index contributed by atoms with van der Waals surface area (Å²) in [7, 11) is 4.40. The van der Waals surface area contributed by atoms with Gasteiger partial charge < -0.3 is 4.90 Å². The molecule has 0 fully saturated rings. The SMILES string of the molecule is CCCCCCCCC(CCCCCCC)CCCN(C)C. The average molecular weight is 312 g/mol. The molecule has 0 saturated heterocycles. The van der Waals surface area contributed by atoms with Crippen LogP contribution in [0.2, 0.25) is 0 Å². The molecule has 0 aromatic heterocycles. The molecule has 134 valence electrons. The summed E-state index contributed by atoms with van der Waals surface area (Å²) in [5.74, 6) is 1.01. The summed E-state index contributed by atoms with van der Waals surface area (Å²) in [6.07, 6.45) is 21.7. The Kier molecular flexibility index (Phi) is 17.3. The van der Waals surface area contributed by atoms with Gasteiger partial charge >= 0.3 is 0 Å². The molecular weight excluding hydrogens is 266 g/mol. The van der Waals surface area contributed by atoms with Crippen LogP contribution in [-0.4, -0.2) is 25.5 Å². The number of nitrogens with zero attached hydrogens (tertiary/aromatic N) is 1. The molecule has 0 rings (SSSR count). The van der Waals surface area contributed by atoms with Crippen LogP contribution >= 0.6 is 0 Å². The molecule has 0 aliphatic rings. The number of rotatable bonds is 17. The molecule has 0 radical (unpaired) electrons. The number of hydrogen-bond donors (Lipinski definition) is 0. The predicted octanol–water partition coefficient (Wildman–Crippen LogP) is 7.06. The fourth-order valence-corrected chi connectivity index (χ4v) is 3.38. The molecule has 1 unspecified atom stereocenters. The van der Waals surface area contributed by atoms with Gasteiger partial charge in [0.05, 0.1) is 0 Å². The zero-order chi connectivity index (χ0) is 16.5. The van der Waals surface area contributed by atoms with E-state index in [1.165, 1.54) is 103 Å². The first-order valence-corrected chi connectivity index (χ1v) is 10.3. The van der Waals surface area contributed by atoms with Gasteiger partial charge in [-0.25, -0.2) is 0 Å². The Labute approximate surface area is 142 Å². The normalized spacial score (nSPS) is 13.0. The zero-order valence-corrected chi connectivity index (χ0v) is 16.3.